The summed E-state index contributed by atoms with van der Waals surface area (Å²) in [6.07, 6.45) is -0.139. The van der Waals surface area contributed by atoms with Crippen LogP contribution in [0.4, 0.5) is 4.79 Å². The summed E-state index contributed by atoms with van der Waals surface area (Å²) in [4.78, 5) is 22.0. The third-order valence-electron chi connectivity index (χ3n) is 3.54. The van der Waals surface area contributed by atoms with Crippen molar-refractivity contribution in [1.82, 2.24) is 10.0 Å². The molecule has 0 saturated carbocycles. The van der Waals surface area contributed by atoms with Gasteiger partial charge in [-0.25, -0.2) is 13.2 Å². The molecule has 0 bridgehead atoms. The van der Waals surface area contributed by atoms with Gasteiger partial charge in [-0.05, 0) is 29.8 Å². The fourth-order valence-corrected chi connectivity index (χ4v) is 3.10. The van der Waals surface area contributed by atoms with Crippen LogP contribution in [0.15, 0.2) is 59.5 Å². The maximum Gasteiger partial charge on any atom is 0.407 e. The SMILES string of the molecule is O=C(O)CNS(=O)(=O)c1ccc(C#CCCNC(=O)OCc2ccccc2)cc1. The summed E-state index contributed by atoms with van der Waals surface area (Å²) in [6.45, 7) is -0.189. The lowest BCUT2D eigenvalue weighted by Gasteiger charge is -2.05. The van der Waals surface area contributed by atoms with Gasteiger partial charge in [-0.1, -0.05) is 42.2 Å². The Kier molecular flexibility index (Phi) is 8.21. The molecule has 0 aliphatic carbocycles. The maximum absolute atomic E-state index is 11.9. The number of nitrogens with one attached hydrogen (secondary N) is 2. The highest BCUT2D eigenvalue weighted by molar-refractivity contribution is 7.89. The Morgan fingerprint density at radius 3 is 2.38 bits per heavy atom. The number of rotatable bonds is 8. The minimum atomic E-state index is -3.88. The summed E-state index contributed by atoms with van der Waals surface area (Å²) in [6, 6.07) is 15.0. The third kappa shape index (κ3) is 8.04. The van der Waals surface area contributed by atoms with Gasteiger partial charge in [0.1, 0.15) is 13.2 Å². The summed E-state index contributed by atoms with van der Waals surface area (Å²) in [5.74, 6) is 4.45. The van der Waals surface area contributed by atoms with Gasteiger partial charge in [0.2, 0.25) is 10.0 Å². The van der Waals surface area contributed by atoms with E-state index in [2.05, 4.69) is 17.2 Å². The zero-order chi connectivity index (χ0) is 21.1. The molecule has 3 N–H and O–H groups in total. The van der Waals surface area contributed by atoms with Crippen molar-refractivity contribution in [2.45, 2.75) is 17.9 Å². The molecule has 2 aromatic carbocycles. The molecule has 0 aromatic heterocycles. The summed E-state index contributed by atoms with van der Waals surface area (Å²) < 4.78 is 30.8. The molecule has 2 rings (SSSR count). The van der Waals surface area contributed by atoms with E-state index in [1.807, 2.05) is 35.1 Å². The summed E-state index contributed by atoms with van der Waals surface area (Å²) in [5.41, 5.74) is 1.49. The minimum Gasteiger partial charge on any atom is -0.480 e. The molecule has 0 aliphatic rings. The fourth-order valence-electron chi connectivity index (χ4n) is 2.12. The molecule has 1 amide bonds. The first kappa shape index (κ1) is 21.9. The van der Waals surface area contributed by atoms with Crippen molar-refractivity contribution in [2.75, 3.05) is 13.1 Å². The first-order chi connectivity index (χ1) is 13.9. The van der Waals surface area contributed by atoms with Crippen molar-refractivity contribution in [2.24, 2.45) is 0 Å². The Labute approximate surface area is 168 Å². The van der Waals surface area contributed by atoms with E-state index in [9.17, 15) is 18.0 Å². The van der Waals surface area contributed by atoms with Crippen LogP contribution in [0.25, 0.3) is 0 Å². The Morgan fingerprint density at radius 2 is 1.72 bits per heavy atom. The quantitative estimate of drug-likeness (QED) is 0.445. The largest absolute Gasteiger partial charge is 0.480 e. The Bertz CT molecular complexity index is 993. The topological polar surface area (TPSA) is 122 Å². The van der Waals surface area contributed by atoms with E-state index in [4.69, 9.17) is 9.84 Å². The van der Waals surface area contributed by atoms with Crippen LogP contribution in [0.5, 0.6) is 0 Å². The van der Waals surface area contributed by atoms with Gasteiger partial charge >= 0.3 is 12.1 Å². The van der Waals surface area contributed by atoms with E-state index in [0.717, 1.165) is 5.56 Å². The normalized spacial score (nSPS) is 10.5. The molecule has 0 atom stereocenters. The van der Waals surface area contributed by atoms with Crippen molar-refractivity contribution in [3.8, 4) is 11.8 Å². The molecular weight excluding hydrogens is 396 g/mol. The Morgan fingerprint density at radius 1 is 1.03 bits per heavy atom. The van der Waals surface area contributed by atoms with Crippen LogP contribution >= 0.6 is 0 Å². The number of carbonyl (C=O) groups excluding carboxylic acids is 1. The smallest absolute Gasteiger partial charge is 0.407 e. The summed E-state index contributed by atoms with van der Waals surface area (Å²) >= 11 is 0. The predicted octanol–water partition coefficient (Wildman–Crippen LogP) is 1.72. The van der Waals surface area contributed by atoms with Gasteiger partial charge in [0, 0.05) is 18.5 Å². The summed E-state index contributed by atoms with van der Waals surface area (Å²) in [7, 11) is -3.88. The number of alkyl carbamates (subject to hydrolysis) is 1. The van der Waals surface area contributed by atoms with Crippen LogP contribution in [0.2, 0.25) is 0 Å². The molecule has 152 valence electrons. The molecule has 0 radical (unpaired) electrons. The van der Waals surface area contributed by atoms with Gasteiger partial charge in [-0.3, -0.25) is 4.79 Å². The first-order valence-corrected chi connectivity index (χ1v) is 10.1. The highest BCUT2D eigenvalue weighted by atomic mass is 32.2. The number of amides is 1. The number of carbonyl (C=O) groups is 2. The van der Waals surface area contributed by atoms with Crippen LogP contribution in [0.3, 0.4) is 0 Å². The highest BCUT2D eigenvalue weighted by Crippen LogP contribution is 2.09. The zero-order valence-electron chi connectivity index (χ0n) is 15.4. The van der Waals surface area contributed by atoms with E-state index >= 15 is 0 Å². The molecule has 0 fully saturated rings. The molecule has 0 aliphatic heterocycles. The second-order valence-corrected chi connectivity index (χ2v) is 7.55. The molecule has 0 spiro atoms. The number of aliphatic carboxylic acids is 1. The molecule has 29 heavy (non-hydrogen) atoms. The lowest BCUT2D eigenvalue weighted by atomic mass is 10.2. The molecule has 0 unspecified atom stereocenters. The van der Waals surface area contributed by atoms with Gasteiger partial charge < -0.3 is 15.2 Å². The number of carboxylic acid groups (broad SMARTS) is 1. The molecule has 2 aromatic rings. The second-order valence-electron chi connectivity index (χ2n) is 5.78. The maximum atomic E-state index is 11.9. The minimum absolute atomic E-state index is 0.0490. The van der Waals surface area contributed by atoms with Gasteiger partial charge in [0.15, 0.2) is 0 Å². The zero-order valence-corrected chi connectivity index (χ0v) is 16.2. The molecule has 0 heterocycles. The van der Waals surface area contributed by atoms with Crippen molar-refractivity contribution in [3.05, 3.63) is 65.7 Å². The summed E-state index contributed by atoms with van der Waals surface area (Å²) in [5, 5.41) is 11.1. The lowest BCUT2D eigenvalue weighted by molar-refractivity contribution is -0.135. The van der Waals surface area contributed by atoms with Crippen molar-refractivity contribution in [3.63, 3.8) is 0 Å². The van der Waals surface area contributed by atoms with E-state index in [-0.39, 0.29) is 11.5 Å². The third-order valence-corrected chi connectivity index (χ3v) is 4.96. The molecular formula is C20H20N2O6S. The Hall–Kier alpha value is -3.35. The van der Waals surface area contributed by atoms with E-state index in [1.165, 1.54) is 24.3 Å². The average molecular weight is 416 g/mol. The lowest BCUT2D eigenvalue weighted by Crippen LogP contribution is -2.29. The number of hydrogen-bond acceptors (Lipinski definition) is 5. The number of hydrogen-bond donors (Lipinski definition) is 3. The first-order valence-electron chi connectivity index (χ1n) is 8.62. The van der Waals surface area contributed by atoms with Crippen LogP contribution in [0.1, 0.15) is 17.5 Å². The predicted molar refractivity (Wildman–Crippen MR) is 105 cm³/mol. The van der Waals surface area contributed by atoms with Crippen LogP contribution in [0, 0.1) is 11.8 Å². The van der Waals surface area contributed by atoms with Gasteiger partial charge in [0.25, 0.3) is 0 Å². The fraction of sp³-hybridized carbons (Fsp3) is 0.200. The number of ether oxygens (including phenoxy) is 1. The number of sulfonamides is 1. The number of benzene rings is 2. The molecule has 9 heteroatoms. The van der Waals surface area contributed by atoms with Crippen molar-refractivity contribution < 1.29 is 27.9 Å². The molecule has 0 saturated heterocycles. The van der Waals surface area contributed by atoms with Crippen molar-refractivity contribution in [1.29, 1.82) is 0 Å². The number of carboxylic acids is 1. The van der Waals surface area contributed by atoms with Gasteiger partial charge in [0.05, 0.1) is 4.90 Å². The molecule has 8 nitrogen and oxygen atoms in total. The second kappa shape index (κ2) is 10.8. The Balaban J connectivity index is 1.74. The van der Waals surface area contributed by atoms with Crippen LogP contribution in [-0.4, -0.2) is 38.7 Å². The standard InChI is InChI=1S/C20H20N2O6S/c23-19(24)14-22-29(26,27)18-11-9-16(10-12-18)6-4-5-13-21-20(25)28-15-17-7-2-1-3-8-17/h1-3,7-12,22H,5,13-15H2,(H,21,25)(H,23,24). The average Bonchev–Trinajstić information content (AvgIpc) is 2.72. The van der Waals surface area contributed by atoms with Gasteiger partial charge in [-0.15, -0.1) is 0 Å². The van der Waals surface area contributed by atoms with Crippen molar-refractivity contribution >= 4 is 22.1 Å². The monoisotopic (exact) mass is 416 g/mol. The van der Waals surface area contributed by atoms with Crippen LogP contribution < -0.4 is 10.0 Å². The highest BCUT2D eigenvalue weighted by Gasteiger charge is 2.14. The van der Waals surface area contributed by atoms with Crippen LogP contribution in [-0.2, 0) is 26.2 Å². The van der Waals surface area contributed by atoms with E-state index < -0.39 is 28.6 Å². The van der Waals surface area contributed by atoms with Gasteiger partial charge in [-0.2, -0.15) is 4.72 Å². The van der Waals surface area contributed by atoms with E-state index in [0.29, 0.717) is 18.5 Å². The van der Waals surface area contributed by atoms with E-state index in [1.54, 1.807) is 0 Å².